The highest BCUT2D eigenvalue weighted by Crippen LogP contribution is 2.33. The van der Waals surface area contributed by atoms with E-state index < -0.39 is 0 Å². The van der Waals surface area contributed by atoms with Crippen molar-refractivity contribution < 1.29 is 19.1 Å². The molecule has 2 aliphatic carbocycles. The van der Waals surface area contributed by atoms with Crippen LogP contribution in [0.5, 0.6) is 0 Å². The average Bonchev–Trinajstić information content (AvgIpc) is 3.56. The van der Waals surface area contributed by atoms with Gasteiger partial charge in [0.2, 0.25) is 11.8 Å². The molecule has 0 unspecified atom stereocenters. The topological polar surface area (TPSA) is 82.2 Å². The summed E-state index contributed by atoms with van der Waals surface area (Å²) in [6, 6.07) is 5.69. The lowest BCUT2D eigenvalue weighted by atomic mass is 10.1. The van der Waals surface area contributed by atoms with Gasteiger partial charge >= 0.3 is 0 Å². The largest absolute Gasteiger partial charge is 0.378 e. The fraction of sp³-hybridized carbons (Fsp3) is 0.640. The zero-order valence-electron chi connectivity index (χ0n) is 19.3. The maximum atomic E-state index is 13.5. The smallest absolute Gasteiger partial charge is 0.256 e. The molecule has 4 aliphatic rings. The number of nitrogens with zero attached hydrogens (tertiary/aromatic N) is 3. The molecule has 2 heterocycles. The first-order valence-corrected chi connectivity index (χ1v) is 12.5. The number of piperazine rings is 1. The SMILES string of the molecule is O=C(Nc1ccc(N2CCN(C(=O)C3CC3)CC2)c(C(=O)N2CCOCC2)c1)C1CCCC1. The molecule has 8 nitrogen and oxygen atoms in total. The lowest BCUT2D eigenvalue weighted by molar-refractivity contribution is -0.132. The third kappa shape index (κ3) is 5.00. The fourth-order valence-corrected chi connectivity index (χ4v) is 5.19. The van der Waals surface area contributed by atoms with Crippen LogP contribution >= 0.6 is 0 Å². The Balaban J connectivity index is 1.34. The number of nitrogens with one attached hydrogen (secondary N) is 1. The normalized spacial score (nSPS) is 21.9. The Morgan fingerprint density at radius 2 is 1.52 bits per heavy atom. The van der Waals surface area contributed by atoms with Crippen LogP contribution in [0.1, 0.15) is 48.9 Å². The van der Waals surface area contributed by atoms with Crippen molar-refractivity contribution in [1.29, 1.82) is 0 Å². The highest BCUT2D eigenvalue weighted by Gasteiger charge is 2.35. The maximum absolute atomic E-state index is 13.5. The van der Waals surface area contributed by atoms with E-state index in [2.05, 4.69) is 10.2 Å². The molecule has 0 atom stereocenters. The van der Waals surface area contributed by atoms with E-state index in [1.807, 2.05) is 28.0 Å². The number of amides is 3. The second-order valence-corrected chi connectivity index (χ2v) is 9.69. The second kappa shape index (κ2) is 9.71. The number of hydrogen-bond donors (Lipinski definition) is 1. The molecule has 0 spiro atoms. The van der Waals surface area contributed by atoms with Crippen molar-refractivity contribution in [3.05, 3.63) is 23.8 Å². The van der Waals surface area contributed by atoms with Crippen LogP contribution in [0.2, 0.25) is 0 Å². The Morgan fingerprint density at radius 1 is 0.818 bits per heavy atom. The van der Waals surface area contributed by atoms with Gasteiger partial charge in [0, 0.05) is 62.5 Å². The van der Waals surface area contributed by atoms with E-state index in [4.69, 9.17) is 4.74 Å². The Morgan fingerprint density at radius 3 is 2.18 bits per heavy atom. The fourth-order valence-electron chi connectivity index (χ4n) is 5.19. The zero-order chi connectivity index (χ0) is 22.8. The summed E-state index contributed by atoms with van der Waals surface area (Å²) in [6.07, 6.45) is 6.12. The quantitative estimate of drug-likeness (QED) is 0.739. The molecule has 1 N–H and O–H groups in total. The van der Waals surface area contributed by atoms with Crippen molar-refractivity contribution >= 4 is 29.1 Å². The van der Waals surface area contributed by atoms with Gasteiger partial charge in [-0.25, -0.2) is 0 Å². The summed E-state index contributed by atoms with van der Waals surface area (Å²) in [5.41, 5.74) is 2.17. The summed E-state index contributed by atoms with van der Waals surface area (Å²) in [6.45, 7) is 5.00. The highest BCUT2D eigenvalue weighted by atomic mass is 16.5. The first kappa shape index (κ1) is 22.2. The van der Waals surface area contributed by atoms with Gasteiger partial charge in [-0.05, 0) is 43.9 Å². The summed E-state index contributed by atoms with van der Waals surface area (Å²) in [5.74, 6) is 0.612. The van der Waals surface area contributed by atoms with E-state index in [-0.39, 0.29) is 29.6 Å². The number of rotatable bonds is 5. The number of carbonyl (C=O) groups excluding carboxylic acids is 3. The first-order chi connectivity index (χ1) is 16.1. The molecule has 1 aromatic rings. The van der Waals surface area contributed by atoms with Crippen molar-refractivity contribution in [3.63, 3.8) is 0 Å². The van der Waals surface area contributed by atoms with Crippen molar-refractivity contribution in [2.45, 2.75) is 38.5 Å². The first-order valence-electron chi connectivity index (χ1n) is 12.5. The zero-order valence-corrected chi connectivity index (χ0v) is 19.3. The van der Waals surface area contributed by atoms with E-state index >= 15 is 0 Å². The highest BCUT2D eigenvalue weighted by molar-refractivity contribution is 6.02. The van der Waals surface area contributed by atoms with Gasteiger partial charge < -0.3 is 24.8 Å². The van der Waals surface area contributed by atoms with Gasteiger partial charge in [0.25, 0.3) is 5.91 Å². The molecule has 4 fully saturated rings. The van der Waals surface area contributed by atoms with Crippen LogP contribution in [-0.2, 0) is 14.3 Å². The van der Waals surface area contributed by atoms with Gasteiger partial charge in [-0.2, -0.15) is 0 Å². The lowest BCUT2D eigenvalue weighted by Gasteiger charge is -2.37. The molecule has 5 rings (SSSR count). The van der Waals surface area contributed by atoms with Gasteiger partial charge in [-0.15, -0.1) is 0 Å². The van der Waals surface area contributed by atoms with E-state index in [9.17, 15) is 14.4 Å². The monoisotopic (exact) mass is 454 g/mol. The minimum Gasteiger partial charge on any atom is -0.378 e. The van der Waals surface area contributed by atoms with Crippen molar-refractivity contribution in [3.8, 4) is 0 Å². The van der Waals surface area contributed by atoms with Crippen LogP contribution < -0.4 is 10.2 Å². The molecular formula is C25H34N4O4. The number of hydrogen-bond acceptors (Lipinski definition) is 5. The molecule has 8 heteroatoms. The van der Waals surface area contributed by atoms with Crippen molar-refractivity contribution in [2.24, 2.45) is 11.8 Å². The minimum absolute atomic E-state index is 0.0262. The van der Waals surface area contributed by atoms with Crippen LogP contribution in [0.3, 0.4) is 0 Å². The Hall–Kier alpha value is -2.61. The summed E-state index contributed by atoms with van der Waals surface area (Å²) in [5, 5.41) is 3.05. The molecule has 1 aromatic carbocycles. The molecule has 0 aromatic heterocycles. The second-order valence-electron chi connectivity index (χ2n) is 9.69. The van der Waals surface area contributed by atoms with E-state index in [1.165, 1.54) is 0 Å². The average molecular weight is 455 g/mol. The molecule has 3 amide bonds. The summed E-state index contributed by atoms with van der Waals surface area (Å²) in [4.78, 5) is 44.6. The van der Waals surface area contributed by atoms with Crippen LogP contribution in [-0.4, -0.2) is 80.0 Å². The third-order valence-corrected chi connectivity index (χ3v) is 7.38. The maximum Gasteiger partial charge on any atom is 0.256 e. The standard InChI is InChI=1S/C25H34N4O4/c30-23(18-3-1-2-4-18)26-20-7-8-22(21(17-20)25(32)29-13-15-33-16-14-29)27-9-11-28(12-10-27)24(31)19-5-6-19/h7-8,17-19H,1-6,9-16H2,(H,26,30). The predicted molar refractivity (Wildman–Crippen MR) is 125 cm³/mol. The Kier molecular flexibility index (Phi) is 6.53. The van der Waals surface area contributed by atoms with Crippen LogP contribution in [0.4, 0.5) is 11.4 Å². The van der Waals surface area contributed by atoms with E-state index in [1.54, 1.807) is 0 Å². The molecule has 2 saturated carbocycles. The molecule has 33 heavy (non-hydrogen) atoms. The van der Waals surface area contributed by atoms with E-state index in [0.29, 0.717) is 63.7 Å². The number of morpholine rings is 1. The summed E-state index contributed by atoms with van der Waals surface area (Å²) >= 11 is 0. The van der Waals surface area contributed by atoms with Crippen LogP contribution in [0, 0.1) is 11.8 Å². The lowest BCUT2D eigenvalue weighted by Crippen LogP contribution is -2.50. The molecule has 0 bridgehead atoms. The molecule has 2 aliphatic heterocycles. The summed E-state index contributed by atoms with van der Waals surface area (Å²) in [7, 11) is 0. The Labute approximate surface area is 195 Å². The van der Waals surface area contributed by atoms with Crippen LogP contribution in [0.25, 0.3) is 0 Å². The van der Waals surface area contributed by atoms with Crippen molar-refractivity contribution in [1.82, 2.24) is 9.80 Å². The molecule has 178 valence electrons. The van der Waals surface area contributed by atoms with Gasteiger partial charge in [0.05, 0.1) is 18.8 Å². The van der Waals surface area contributed by atoms with Gasteiger partial charge in [0.15, 0.2) is 0 Å². The predicted octanol–water partition coefficient (Wildman–Crippen LogP) is 2.35. The number of carbonyl (C=O) groups is 3. The molecule has 2 saturated heterocycles. The van der Waals surface area contributed by atoms with Crippen LogP contribution in [0.15, 0.2) is 18.2 Å². The number of ether oxygens (including phenoxy) is 1. The molecular weight excluding hydrogens is 420 g/mol. The minimum atomic E-state index is -0.0262. The number of anilines is 2. The van der Waals surface area contributed by atoms with Gasteiger partial charge in [-0.1, -0.05) is 12.8 Å². The Bertz CT molecular complexity index is 896. The third-order valence-electron chi connectivity index (χ3n) is 7.38. The van der Waals surface area contributed by atoms with Gasteiger partial charge in [0.1, 0.15) is 0 Å². The molecule has 0 radical (unpaired) electrons. The summed E-state index contributed by atoms with van der Waals surface area (Å²) < 4.78 is 5.43. The van der Waals surface area contributed by atoms with Gasteiger partial charge in [-0.3, -0.25) is 14.4 Å². The number of benzene rings is 1. The van der Waals surface area contributed by atoms with E-state index in [0.717, 1.165) is 44.2 Å². The van der Waals surface area contributed by atoms with Crippen molar-refractivity contribution in [2.75, 3.05) is 62.7 Å².